The van der Waals surface area contributed by atoms with E-state index in [4.69, 9.17) is 4.74 Å². The van der Waals surface area contributed by atoms with Crippen molar-refractivity contribution in [3.8, 4) is 0 Å². The van der Waals surface area contributed by atoms with Crippen molar-refractivity contribution in [3.05, 3.63) is 69.3 Å². The first kappa shape index (κ1) is 18.6. The zero-order valence-corrected chi connectivity index (χ0v) is 15.0. The monoisotopic (exact) mass is 368 g/mol. The van der Waals surface area contributed by atoms with E-state index in [0.29, 0.717) is 37.1 Å². The lowest BCUT2D eigenvalue weighted by Gasteiger charge is -2.16. The summed E-state index contributed by atoms with van der Waals surface area (Å²) in [7, 11) is 0. The quantitative estimate of drug-likeness (QED) is 0.423. The van der Waals surface area contributed by atoms with Crippen molar-refractivity contribution in [2.45, 2.75) is 32.7 Å². The van der Waals surface area contributed by atoms with Crippen molar-refractivity contribution in [1.82, 2.24) is 0 Å². The van der Waals surface area contributed by atoms with Crippen LogP contribution in [-0.2, 0) is 22.5 Å². The second-order valence-electron chi connectivity index (χ2n) is 6.31. The van der Waals surface area contributed by atoms with Gasteiger partial charge in [0.2, 0.25) is 0 Å². The molecule has 140 valence electrons. The zero-order valence-electron chi connectivity index (χ0n) is 15.0. The van der Waals surface area contributed by atoms with Gasteiger partial charge in [-0.2, -0.15) is 0 Å². The van der Waals surface area contributed by atoms with Crippen LogP contribution in [0, 0.1) is 10.1 Å². The van der Waals surface area contributed by atoms with E-state index in [1.807, 2.05) is 24.3 Å². The number of carbonyl (C=O) groups excluding carboxylic acids is 2. The molecule has 1 aliphatic rings. The topological polar surface area (TPSA) is 89.8 Å². The Labute approximate surface area is 156 Å². The maximum Gasteiger partial charge on any atom is 0.305 e. The molecule has 3 rings (SSSR count). The zero-order chi connectivity index (χ0) is 19.4. The number of esters is 1. The van der Waals surface area contributed by atoms with Gasteiger partial charge in [-0.25, -0.2) is 0 Å². The Balaban J connectivity index is 1.64. The van der Waals surface area contributed by atoms with Gasteiger partial charge in [-0.3, -0.25) is 19.7 Å². The van der Waals surface area contributed by atoms with Crippen molar-refractivity contribution in [2.75, 3.05) is 11.5 Å². The third-order valence-corrected chi connectivity index (χ3v) is 4.50. The van der Waals surface area contributed by atoms with E-state index in [0.717, 1.165) is 17.7 Å². The molecule has 2 aromatic carbocycles. The molecule has 1 amide bonds. The van der Waals surface area contributed by atoms with E-state index in [2.05, 4.69) is 0 Å². The minimum Gasteiger partial charge on any atom is -0.466 e. The molecular weight excluding hydrogens is 348 g/mol. The molecule has 0 aliphatic carbocycles. The van der Waals surface area contributed by atoms with Crippen molar-refractivity contribution in [2.24, 2.45) is 0 Å². The summed E-state index contributed by atoms with van der Waals surface area (Å²) < 4.78 is 4.91. The highest BCUT2D eigenvalue weighted by Crippen LogP contribution is 2.30. The fourth-order valence-corrected chi connectivity index (χ4v) is 3.14. The molecule has 0 saturated carbocycles. The number of amides is 1. The number of aryl methyl sites for hydroxylation is 1. The molecule has 0 spiro atoms. The molecule has 1 heterocycles. The van der Waals surface area contributed by atoms with E-state index in [9.17, 15) is 19.7 Å². The standard InChI is InChI=1S/C20H20N2O5/c1-2-27-19(23)5-3-4-14-6-8-16(9-7-14)21-13-15-12-17(22(25)26)10-11-18(15)20(21)24/h6-12H,2-5,13H2,1H3. The third-order valence-electron chi connectivity index (χ3n) is 4.50. The minimum atomic E-state index is -0.460. The van der Waals surface area contributed by atoms with Crippen LogP contribution in [0.3, 0.4) is 0 Å². The number of anilines is 1. The number of hydrogen-bond donors (Lipinski definition) is 0. The lowest BCUT2D eigenvalue weighted by atomic mass is 10.1. The lowest BCUT2D eigenvalue weighted by molar-refractivity contribution is -0.384. The first-order chi connectivity index (χ1) is 13.0. The van der Waals surface area contributed by atoms with Crippen LogP contribution in [0.5, 0.6) is 0 Å². The summed E-state index contributed by atoms with van der Waals surface area (Å²) in [5.41, 5.74) is 2.96. The van der Waals surface area contributed by atoms with E-state index >= 15 is 0 Å². The summed E-state index contributed by atoms with van der Waals surface area (Å²) >= 11 is 0. The molecule has 1 aliphatic heterocycles. The Hall–Kier alpha value is -3.22. The van der Waals surface area contributed by atoms with Gasteiger partial charge >= 0.3 is 5.97 Å². The maximum absolute atomic E-state index is 12.6. The fourth-order valence-electron chi connectivity index (χ4n) is 3.14. The van der Waals surface area contributed by atoms with Crippen LogP contribution in [0.2, 0.25) is 0 Å². The van der Waals surface area contributed by atoms with Crippen LogP contribution in [0.1, 0.15) is 41.3 Å². The largest absolute Gasteiger partial charge is 0.466 e. The Bertz CT molecular complexity index is 876. The van der Waals surface area contributed by atoms with Gasteiger partial charge in [-0.15, -0.1) is 0 Å². The van der Waals surface area contributed by atoms with Gasteiger partial charge in [0, 0.05) is 29.8 Å². The summed E-state index contributed by atoms with van der Waals surface area (Å²) in [6, 6.07) is 11.9. The van der Waals surface area contributed by atoms with Crippen LogP contribution in [0.25, 0.3) is 0 Å². The SMILES string of the molecule is CCOC(=O)CCCc1ccc(N2Cc3cc([N+](=O)[O-])ccc3C2=O)cc1. The number of hydrogen-bond acceptors (Lipinski definition) is 5. The molecule has 2 aromatic rings. The first-order valence-corrected chi connectivity index (χ1v) is 8.83. The highest BCUT2D eigenvalue weighted by Gasteiger charge is 2.29. The van der Waals surface area contributed by atoms with Crippen LogP contribution in [0.15, 0.2) is 42.5 Å². The summed E-state index contributed by atoms with van der Waals surface area (Å²) in [6.07, 6.45) is 1.84. The number of carbonyl (C=O) groups is 2. The van der Waals surface area contributed by atoms with Crippen molar-refractivity contribution in [3.63, 3.8) is 0 Å². The second-order valence-corrected chi connectivity index (χ2v) is 6.31. The van der Waals surface area contributed by atoms with Crippen molar-refractivity contribution in [1.29, 1.82) is 0 Å². The van der Waals surface area contributed by atoms with Crippen molar-refractivity contribution >= 4 is 23.3 Å². The Kier molecular flexibility index (Phi) is 5.49. The highest BCUT2D eigenvalue weighted by molar-refractivity contribution is 6.10. The molecule has 7 heteroatoms. The van der Waals surface area contributed by atoms with Gasteiger partial charge in [0.05, 0.1) is 18.1 Å². The molecule has 0 radical (unpaired) electrons. The number of fused-ring (bicyclic) bond motifs is 1. The number of benzene rings is 2. The number of nitro benzene ring substituents is 1. The summed E-state index contributed by atoms with van der Waals surface area (Å²) in [5.74, 6) is -0.349. The highest BCUT2D eigenvalue weighted by atomic mass is 16.6. The van der Waals surface area contributed by atoms with Gasteiger partial charge in [0.1, 0.15) is 0 Å². The number of non-ortho nitro benzene ring substituents is 1. The molecule has 0 unspecified atom stereocenters. The Morgan fingerprint density at radius 1 is 1.22 bits per heavy atom. The van der Waals surface area contributed by atoms with Gasteiger partial charge in [0.25, 0.3) is 11.6 Å². The van der Waals surface area contributed by atoms with Crippen LogP contribution in [0.4, 0.5) is 11.4 Å². The normalized spacial score (nSPS) is 12.8. The average Bonchev–Trinajstić information content (AvgIpc) is 2.98. The molecule has 0 saturated heterocycles. The van der Waals surface area contributed by atoms with Crippen LogP contribution in [-0.4, -0.2) is 23.4 Å². The number of rotatable bonds is 7. The van der Waals surface area contributed by atoms with Gasteiger partial charge in [-0.1, -0.05) is 12.1 Å². The average molecular weight is 368 g/mol. The number of ether oxygens (including phenoxy) is 1. The van der Waals surface area contributed by atoms with Crippen molar-refractivity contribution < 1.29 is 19.2 Å². The molecule has 0 N–H and O–H groups in total. The smallest absolute Gasteiger partial charge is 0.305 e. The number of nitro groups is 1. The van der Waals surface area contributed by atoms with Gasteiger partial charge in [0.15, 0.2) is 0 Å². The van der Waals surface area contributed by atoms with Gasteiger partial charge < -0.3 is 9.64 Å². The fraction of sp³-hybridized carbons (Fsp3) is 0.300. The van der Waals surface area contributed by atoms with Crippen LogP contribution >= 0.6 is 0 Å². The molecule has 27 heavy (non-hydrogen) atoms. The number of nitrogens with zero attached hydrogens (tertiary/aromatic N) is 2. The third kappa shape index (κ3) is 4.13. The molecule has 0 aromatic heterocycles. The predicted molar refractivity (Wildman–Crippen MR) is 99.6 cm³/mol. The summed E-state index contributed by atoms with van der Waals surface area (Å²) in [4.78, 5) is 36.0. The maximum atomic E-state index is 12.6. The lowest BCUT2D eigenvalue weighted by Crippen LogP contribution is -2.22. The molecule has 0 atom stereocenters. The van der Waals surface area contributed by atoms with E-state index in [1.165, 1.54) is 18.2 Å². The summed E-state index contributed by atoms with van der Waals surface area (Å²) in [6.45, 7) is 2.49. The van der Waals surface area contributed by atoms with Crippen LogP contribution < -0.4 is 4.90 Å². The molecule has 0 bridgehead atoms. The molecular formula is C20H20N2O5. The van der Waals surface area contributed by atoms with Gasteiger partial charge in [-0.05, 0) is 49.1 Å². The van der Waals surface area contributed by atoms with E-state index in [-0.39, 0.29) is 17.6 Å². The Morgan fingerprint density at radius 3 is 2.63 bits per heavy atom. The molecule has 7 nitrogen and oxygen atoms in total. The minimum absolute atomic E-state index is 0.0136. The predicted octanol–water partition coefficient (Wildman–Crippen LogP) is 3.64. The second kappa shape index (κ2) is 7.99. The molecule has 0 fully saturated rings. The van der Waals surface area contributed by atoms with E-state index < -0.39 is 4.92 Å². The first-order valence-electron chi connectivity index (χ1n) is 8.83. The Morgan fingerprint density at radius 2 is 1.96 bits per heavy atom. The van der Waals surface area contributed by atoms with E-state index in [1.54, 1.807) is 11.8 Å². The summed E-state index contributed by atoms with van der Waals surface area (Å²) in [5, 5.41) is 10.9.